The molecule has 2 N–H and O–H groups in total. The van der Waals surface area contributed by atoms with Crippen LogP contribution in [-0.2, 0) is 4.79 Å². The second-order valence-electron chi connectivity index (χ2n) is 3.99. The molecule has 0 atom stereocenters. The zero-order chi connectivity index (χ0) is 12.8. The van der Waals surface area contributed by atoms with Crippen molar-refractivity contribution in [1.29, 1.82) is 0 Å². The third kappa shape index (κ3) is 3.87. The van der Waals surface area contributed by atoms with Gasteiger partial charge in [-0.3, -0.25) is 4.79 Å². The molecule has 5 heteroatoms. The molecule has 1 aliphatic rings. The van der Waals surface area contributed by atoms with Gasteiger partial charge in [-0.25, -0.2) is 4.31 Å². The predicted molar refractivity (Wildman–Crippen MR) is 75.6 cm³/mol. The Kier molecular flexibility index (Phi) is 4.81. The van der Waals surface area contributed by atoms with Crippen LogP contribution >= 0.6 is 11.9 Å². The van der Waals surface area contributed by atoms with E-state index < -0.39 is 0 Å². The summed E-state index contributed by atoms with van der Waals surface area (Å²) in [6.07, 6.45) is 1.27. The van der Waals surface area contributed by atoms with Crippen molar-refractivity contribution >= 4 is 23.5 Å². The standard InChI is InChI=1S/C13H17N3OS/c1-2-13(17)15-11-4-3-5-12(10-11)18-16-8-6-14-7-9-16/h2-5,10,14H,1,6-9H2,(H,15,17). The topological polar surface area (TPSA) is 44.4 Å². The molecule has 1 heterocycles. The van der Waals surface area contributed by atoms with Crippen molar-refractivity contribution in [3.63, 3.8) is 0 Å². The maximum Gasteiger partial charge on any atom is 0.247 e. The van der Waals surface area contributed by atoms with Gasteiger partial charge in [0.05, 0.1) is 0 Å². The summed E-state index contributed by atoms with van der Waals surface area (Å²) in [7, 11) is 0. The number of carbonyl (C=O) groups excluding carboxylic acids is 1. The number of hydrogen-bond donors (Lipinski definition) is 2. The van der Waals surface area contributed by atoms with Gasteiger partial charge in [-0.05, 0) is 36.2 Å². The van der Waals surface area contributed by atoms with E-state index in [1.807, 2.05) is 18.2 Å². The van der Waals surface area contributed by atoms with Crippen LogP contribution in [0.5, 0.6) is 0 Å². The number of nitrogens with zero attached hydrogens (tertiary/aromatic N) is 1. The van der Waals surface area contributed by atoms with Crippen molar-refractivity contribution in [2.75, 3.05) is 31.5 Å². The van der Waals surface area contributed by atoms with Gasteiger partial charge in [-0.2, -0.15) is 0 Å². The van der Waals surface area contributed by atoms with Gasteiger partial charge in [-0.15, -0.1) is 0 Å². The van der Waals surface area contributed by atoms with E-state index in [0.717, 1.165) is 36.8 Å². The average Bonchev–Trinajstić information content (AvgIpc) is 2.40. The van der Waals surface area contributed by atoms with E-state index in [1.165, 1.54) is 6.08 Å². The fraction of sp³-hybridized carbons (Fsp3) is 0.308. The molecule has 0 spiro atoms. The lowest BCUT2D eigenvalue weighted by Gasteiger charge is -2.25. The number of piperazine rings is 1. The lowest BCUT2D eigenvalue weighted by atomic mass is 10.3. The van der Waals surface area contributed by atoms with Gasteiger partial charge in [0.1, 0.15) is 0 Å². The summed E-state index contributed by atoms with van der Waals surface area (Å²) in [5, 5.41) is 6.09. The van der Waals surface area contributed by atoms with E-state index in [-0.39, 0.29) is 5.91 Å². The number of nitrogens with one attached hydrogen (secondary N) is 2. The number of rotatable bonds is 4. The van der Waals surface area contributed by atoms with Crippen LogP contribution in [0.4, 0.5) is 5.69 Å². The molecule has 0 aliphatic carbocycles. The number of benzene rings is 1. The molecule has 0 bridgehead atoms. The van der Waals surface area contributed by atoms with Crippen LogP contribution in [0.25, 0.3) is 0 Å². The molecule has 18 heavy (non-hydrogen) atoms. The second kappa shape index (κ2) is 6.58. The Balaban J connectivity index is 1.97. The summed E-state index contributed by atoms with van der Waals surface area (Å²) < 4.78 is 2.32. The maximum atomic E-state index is 11.2. The third-order valence-corrected chi connectivity index (χ3v) is 3.69. The summed E-state index contributed by atoms with van der Waals surface area (Å²) in [4.78, 5) is 12.4. The molecule has 0 radical (unpaired) electrons. The van der Waals surface area contributed by atoms with Crippen LogP contribution in [-0.4, -0.2) is 36.4 Å². The Morgan fingerprint density at radius 2 is 2.22 bits per heavy atom. The van der Waals surface area contributed by atoms with Crippen LogP contribution in [0.2, 0.25) is 0 Å². The second-order valence-corrected chi connectivity index (χ2v) is 5.16. The highest BCUT2D eigenvalue weighted by atomic mass is 32.2. The van der Waals surface area contributed by atoms with Gasteiger partial charge in [-0.1, -0.05) is 12.6 Å². The molecule has 96 valence electrons. The molecule has 1 amide bonds. The Hall–Kier alpha value is -1.30. The lowest BCUT2D eigenvalue weighted by molar-refractivity contribution is -0.111. The molecule has 0 aromatic heterocycles. The van der Waals surface area contributed by atoms with Crippen molar-refractivity contribution in [3.8, 4) is 0 Å². The summed E-state index contributed by atoms with van der Waals surface area (Å²) in [5.74, 6) is -0.181. The van der Waals surface area contributed by atoms with Gasteiger partial charge in [0.25, 0.3) is 0 Å². The third-order valence-electron chi connectivity index (χ3n) is 2.60. The van der Waals surface area contributed by atoms with Gasteiger partial charge >= 0.3 is 0 Å². The zero-order valence-corrected chi connectivity index (χ0v) is 11.0. The van der Waals surface area contributed by atoms with E-state index >= 15 is 0 Å². The van der Waals surface area contributed by atoms with E-state index in [1.54, 1.807) is 11.9 Å². The minimum absolute atomic E-state index is 0.181. The highest BCUT2D eigenvalue weighted by Crippen LogP contribution is 2.25. The first-order chi connectivity index (χ1) is 8.78. The van der Waals surface area contributed by atoms with Gasteiger partial charge in [0, 0.05) is 36.8 Å². The first-order valence-corrected chi connectivity index (χ1v) is 6.72. The first kappa shape index (κ1) is 13.1. The van der Waals surface area contributed by atoms with Crippen molar-refractivity contribution in [2.24, 2.45) is 0 Å². The quantitative estimate of drug-likeness (QED) is 0.641. The minimum Gasteiger partial charge on any atom is -0.322 e. The molecule has 1 aromatic rings. The summed E-state index contributed by atoms with van der Waals surface area (Å²) in [5.41, 5.74) is 0.806. The van der Waals surface area contributed by atoms with Crippen LogP contribution < -0.4 is 10.6 Å². The van der Waals surface area contributed by atoms with Gasteiger partial charge in [0.15, 0.2) is 0 Å². The van der Waals surface area contributed by atoms with Crippen LogP contribution in [0.1, 0.15) is 0 Å². The fourth-order valence-electron chi connectivity index (χ4n) is 1.71. The van der Waals surface area contributed by atoms with E-state index in [2.05, 4.69) is 27.6 Å². The number of anilines is 1. The Morgan fingerprint density at radius 3 is 2.94 bits per heavy atom. The molecule has 1 saturated heterocycles. The zero-order valence-electron chi connectivity index (χ0n) is 10.2. The Labute approximate surface area is 112 Å². The van der Waals surface area contributed by atoms with Gasteiger partial charge in [0.2, 0.25) is 5.91 Å². The maximum absolute atomic E-state index is 11.2. The van der Waals surface area contributed by atoms with Crippen LogP contribution in [0, 0.1) is 0 Å². The summed E-state index contributed by atoms with van der Waals surface area (Å²) in [6, 6.07) is 7.86. The van der Waals surface area contributed by atoms with Crippen molar-refractivity contribution in [2.45, 2.75) is 4.90 Å². The predicted octanol–water partition coefficient (Wildman–Crippen LogP) is 1.72. The normalized spacial score (nSPS) is 16.2. The van der Waals surface area contributed by atoms with Crippen LogP contribution in [0.15, 0.2) is 41.8 Å². The summed E-state index contributed by atoms with van der Waals surface area (Å²) in [6.45, 7) is 7.57. The molecule has 1 fully saturated rings. The molecule has 0 unspecified atom stereocenters. The van der Waals surface area contributed by atoms with Gasteiger partial charge < -0.3 is 10.6 Å². The Morgan fingerprint density at radius 1 is 1.44 bits per heavy atom. The van der Waals surface area contributed by atoms with E-state index in [0.29, 0.717) is 0 Å². The smallest absolute Gasteiger partial charge is 0.247 e. The minimum atomic E-state index is -0.181. The monoisotopic (exact) mass is 263 g/mol. The van der Waals surface area contributed by atoms with Crippen molar-refractivity contribution in [1.82, 2.24) is 9.62 Å². The molecule has 0 saturated carbocycles. The molecule has 2 rings (SSSR count). The number of carbonyl (C=O) groups is 1. The summed E-state index contributed by atoms with van der Waals surface area (Å²) >= 11 is 1.73. The highest BCUT2D eigenvalue weighted by molar-refractivity contribution is 7.97. The molecule has 4 nitrogen and oxygen atoms in total. The lowest BCUT2D eigenvalue weighted by Crippen LogP contribution is -2.39. The van der Waals surface area contributed by atoms with Crippen LogP contribution in [0.3, 0.4) is 0 Å². The number of amides is 1. The molecular formula is C13H17N3OS. The van der Waals surface area contributed by atoms with E-state index in [4.69, 9.17) is 0 Å². The van der Waals surface area contributed by atoms with Crippen molar-refractivity contribution in [3.05, 3.63) is 36.9 Å². The number of hydrogen-bond acceptors (Lipinski definition) is 4. The molecule has 1 aliphatic heterocycles. The van der Waals surface area contributed by atoms with E-state index in [9.17, 15) is 4.79 Å². The average molecular weight is 263 g/mol. The highest BCUT2D eigenvalue weighted by Gasteiger charge is 2.11. The Bertz CT molecular complexity index is 430. The molecule has 1 aromatic carbocycles. The first-order valence-electron chi connectivity index (χ1n) is 5.95. The molecular weight excluding hydrogens is 246 g/mol. The largest absolute Gasteiger partial charge is 0.322 e. The van der Waals surface area contributed by atoms with Crippen molar-refractivity contribution < 1.29 is 4.79 Å². The SMILES string of the molecule is C=CC(=O)Nc1cccc(SN2CCNCC2)c1. The fourth-order valence-corrected chi connectivity index (χ4v) is 2.69.